The Balaban J connectivity index is 1.64. The lowest BCUT2D eigenvalue weighted by Crippen LogP contribution is -2.49. The third-order valence-corrected chi connectivity index (χ3v) is 4.52. The van der Waals surface area contributed by atoms with E-state index in [9.17, 15) is 9.90 Å². The molecule has 0 radical (unpaired) electrons. The number of aliphatic hydroxyl groups excluding tert-OH is 1. The number of aromatic nitrogens is 1. The van der Waals surface area contributed by atoms with Gasteiger partial charge in [0, 0.05) is 43.9 Å². The third-order valence-electron chi connectivity index (χ3n) is 4.52. The highest BCUT2D eigenvalue weighted by Gasteiger charge is 2.34. The van der Waals surface area contributed by atoms with Crippen LogP contribution in [0.15, 0.2) is 23.0 Å². The van der Waals surface area contributed by atoms with Gasteiger partial charge in [-0.2, -0.15) is 0 Å². The van der Waals surface area contributed by atoms with Gasteiger partial charge in [-0.1, -0.05) is 12.0 Å². The average molecular weight is 302 g/mol. The lowest BCUT2D eigenvalue weighted by molar-refractivity contribution is 0.0112. The Kier molecular flexibility index (Phi) is 4.63. The van der Waals surface area contributed by atoms with Crippen molar-refractivity contribution in [2.75, 3.05) is 32.8 Å². The lowest BCUT2D eigenvalue weighted by atomic mass is 9.83. The molecule has 22 heavy (non-hydrogen) atoms. The molecule has 2 bridgehead atoms. The van der Waals surface area contributed by atoms with E-state index in [2.05, 4.69) is 16.9 Å². The second-order valence-corrected chi connectivity index (χ2v) is 6.29. The smallest absolute Gasteiger partial charge is 0.250 e. The van der Waals surface area contributed by atoms with Crippen molar-refractivity contribution in [2.45, 2.75) is 25.0 Å². The molecule has 5 nitrogen and oxygen atoms in total. The summed E-state index contributed by atoms with van der Waals surface area (Å²) in [5.41, 5.74) is 1.23. The number of ether oxygens (including phenoxy) is 1. The number of hydrogen-bond donors (Lipinski definition) is 1. The molecule has 118 valence electrons. The molecule has 3 rings (SSSR count). The van der Waals surface area contributed by atoms with Crippen molar-refractivity contribution in [1.29, 1.82) is 0 Å². The van der Waals surface area contributed by atoms with Crippen LogP contribution in [0.4, 0.5) is 0 Å². The zero-order valence-corrected chi connectivity index (χ0v) is 12.6. The van der Waals surface area contributed by atoms with Crippen molar-refractivity contribution in [2.24, 2.45) is 5.92 Å². The van der Waals surface area contributed by atoms with Crippen molar-refractivity contribution >= 4 is 0 Å². The van der Waals surface area contributed by atoms with E-state index < -0.39 is 6.10 Å². The number of piperidine rings is 1. The van der Waals surface area contributed by atoms with E-state index in [4.69, 9.17) is 11.2 Å². The summed E-state index contributed by atoms with van der Waals surface area (Å²) in [6, 6.07) is 5.53. The molecule has 5 heteroatoms. The van der Waals surface area contributed by atoms with Crippen LogP contribution in [0.1, 0.15) is 18.0 Å². The van der Waals surface area contributed by atoms with Crippen molar-refractivity contribution < 1.29 is 9.84 Å². The van der Waals surface area contributed by atoms with E-state index in [1.54, 1.807) is 6.07 Å². The van der Waals surface area contributed by atoms with E-state index in [-0.39, 0.29) is 18.8 Å². The molecule has 2 aliphatic rings. The molecule has 1 saturated heterocycles. The highest BCUT2D eigenvalue weighted by molar-refractivity contribution is 5.16. The second kappa shape index (κ2) is 6.66. The number of nitrogens with zero attached hydrogens (tertiary/aromatic N) is 2. The van der Waals surface area contributed by atoms with Crippen molar-refractivity contribution in [3.8, 4) is 12.3 Å². The highest BCUT2D eigenvalue weighted by atomic mass is 16.5. The van der Waals surface area contributed by atoms with Crippen molar-refractivity contribution in [1.82, 2.24) is 9.47 Å². The summed E-state index contributed by atoms with van der Waals surface area (Å²) in [4.78, 5) is 14.3. The number of pyridine rings is 1. The minimum atomic E-state index is -0.523. The summed E-state index contributed by atoms with van der Waals surface area (Å²) in [6.45, 7) is 3.68. The van der Waals surface area contributed by atoms with Crippen LogP contribution in [-0.2, 0) is 11.3 Å². The molecule has 3 atom stereocenters. The molecule has 0 aromatic carbocycles. The lowest BCUT2D eigenvalue weighted by Gasteiger charge is -2.43. The van der Waals surface area contributed by atoms with E-state index >= 15 is 0 Å². The van der Waals surface area contributed by atoms with Crippen LogP contribution in [0.2, 0.25) is 0 Å². The van der Waals surface area contributed by atoms with Crippen LogP contribution >= 0.6 is 0 Å². The Morgan fingerprint density at radius 3 is 3.09 bits per heavy atom. The maximum atomic E-state index is 12.0. The van der Waals surface area contributed by atoms with Gasteiger partial charge in [0.2, 0.25) is 0 Å². The van der Waals surface area contributed by atoms with Crippen LogP contribution in [0.3, 0.4) is 0 Å². The summed E-state index contributed by atoms with van der Waals surface area (Å²) in [6.07, 6.45) is 5.73. The molecule has 0 spiro atoms. The van der Waals surface area contributed by atoms with Gasteiger partial charge in [0.05, 0.1) is 12.7 Å². The minimum absolute atomic E-state index is 0.100. The largest absolute Gasteiger partial charge is 0.389 e. The number of fused-ring (bicyclic) bond motifs is 4. The van der Waals surface area contributed by atoms with Gasteiger partial charge in [-0.25, -0.2) is 0 Å². The number of terminal acetylenes is 1. The van der Waals surface area contributed by atoms with Gasteiger partial charge in [0.15, 0.2) is 0 Å². The molecule has 0 unspecified atom stereocenters. The SMILES string of the molecule is C#CCOC[C@H](O)CN1C[C@@H]2C[C@H](C1)c1cccc(=O)n1C2. The first-order valence-corrected chi connectivity index (χ1v) is 7.78. The average Bonchev–Trinajstić information content (AvgIpc) is 2.48. The predicted octanol–water partition coefficient (Wildman–Crippen LogP) is 0.278. The van der Waals surface area contributed by atoms with Gasteiger partial charge in [0.1, 0.15) is 6.61 Å². The summed E-state index contributed by atoms with van der Waals surface area (Å²) in [7, 11) is 0. The Morgan fingerprint density at radius 2 is 2.27 bits per heavy atom. The van der Waals surface area contributed by atoms with E-state index in [1.807, 2.05) is 10.6 Å². The number of β-amino-alcohol motifs (C(OH)–C–C–N with tert-alkyl or cyclic N) is 1. The van der Waals surface area contributed by atoms with Gasteiger partial charge < -0.3 is 14.4 Å². The summed E-state index contributed by atoms with van der Waals surface area (Å²) >= 11 is 0. The molecule has 1 N–H and O–H groups in total. The normalized spacial score (nSPS) is 25.3. The zero-order valence-electron chi connectivity index (χ0n) is 12.6. The summed E-state index contributed by atoms with van der Waals surface area (Å²) < 4.78 is 7.11. The number of hydrogen-bond acceptors (Lipinski definition) is 4. The summed E-state index contributed by atoms with van der Waals surface area (Å²) in [5.74, 6) is 3.25. The maximum Gasteiger partial charge on any atom is 0.250 e. The quantitative estimate of drug-likeness (QED) is 0.627. The number of aliphatic hydroxyl groups is 1. The van der Waals surface area contributed by atoms with Gasteiger partial charge in [0.25, 0.3) is 5.56 Å². The Labute approximate surface area is 130 Å². The van der Waals surface area contributed by atoms with Crippen LogP contribution < -0.4 is 5.56 Å². The van der Waals surface area contributed by atoms with E-state index in [1.165, 1.54) is 0 Å². The first-order valence-electron chi connectivity index (χ1n) is 7.78. The highest BCUT2D eigenvalue weighted by Crippen LogP contribution is 2.34. The number of rotatable bonds is 5. The first kappa shape index (κ1) is 15.3. The molecular weight excluding hydrogens is 280 g/mol. The van der Waals surface area contributed by atoms with Gasteiger partial charge in [-0.3, -0.25) is 9.69 Å². The minimum Gasteiger partial charge on any atom is -0.389 e. The topological polar surface area (TPSA) is 54.7 Å². The number of likely N-dealkylation sites (tertiary alicyclic amines) is 1. The zero-order chi connectivity index (χ0) is 15.5. The molecule has 0 aliphatic carbocycles. The van der Waals surface area contributed by atoms with Crippen LogP contribution in [-0.4, -0.2) is 53.5 Å². The van der Waals surface area contributed by atoms with Gasteiger partial charge in [-0.15, -0.1) is 6.42 Å². The van der Waals surface area contributed by atoms with Gasteiger partial charge >= 0.3 is 0 Å². The molecule has 0 amide bonds. The Bertz CT molecular complexity index is 619. The second-order valence-electron chi connectivity index (χ2n) is 6.29. The molecule has 0 saturated carbocycles. The molecular formula is C17H22N2O3. The van der Waals surface area contributed by atoms with Crippen molar-refractivity contribution in [3.63, 3.8) is 0 Å². The monoisotopic (exact) mass is 302 g/mol. The van der Waals surface area contributed by atoms with Gasteiger partial charge in [-0.05, 0) is 18.4 Å². The van der Waals surface area contributed by atoms with Crippen LogP contribution in [0.25, 0.3) is 0 Å². The van der Waals surface area contributed by atoms with E-state index in [0.29, 0.717) is 18.4 Å². The van der Waals surface area contributed by atoms with Crippen molar-refractivity contribution in [3.05, 3.63) is 34.2 Å². The molecule has 3 heterocycles. The van der Waals surface area contributed by atoms with Crippen LogP contribution in [0, 0.1) is 18.3 Å². The fourth-order valence-electron chi connectivity index (χ4n) is 3.75. The first-order chi connectivity index (χ1) is 10.7. The maximum absolute atomic E-state index is 12.0. The fourth-order valence-corrected chi connectivity index (χ4v) is 3.75. The Hall–Kier alpha value is -1.61. The molecule has 1 fully saturated rings. The molecule has 2 aliphatic heterocycles. The fraction of sp³-hybridized carbons (Fsp3) is 0.588. The van der Waals surface area contributed by atoms with Crippen LogP contribution in [0.5, 0.6) is 0 Å². The summed E-state index contributed by atoms with van der Waals surface area (Å²) in [5, 5.41) is 10.0. The predicted molar refractivity (Wildman–Crippen MR) is 83.6 cm³/mol. The standard InChI is InChI=1S/C17H22N2O3/c1-2-6-22-12-15(20)11-18-8-13-7-14(10-18)16-4-3-5-17(21)19(16)9-13/h1,3-5,13-15,20H,6-12H2/t13-,14+,15+/m0/s1. The van der Waals surface area contributed by atoms with E-state index in [0.717, 1.165) is 31.7 Å². The third kappa shape index (κ3) is 3.25. The molecule has 1 aromatic rings. The Morgan fingerprint density at radius 1 is 1.41 bits per heavy atom. The molecule has 1 aromatic heterocycles.